The monoisotopic (exact) mass is 346 g/mol. The van der Waals surface area contributed by atoms with Crippen molar-refractivity contribution in [2.75, 3.05) is 4.90 Å². The van der Waals surface area contributed by atoms with E-state index in [1.807, 2.05) is 6.07 Å². The molecule has 1 aliphatic heterocycles. The lowest BCUT2D eigenvalue weighted by Gasteiger charge is -2.24. The number of aromatic amines is 1. The summed E-state index contributed by atoms with van der Waals surface area (Å²) < 4.78 is 0. The smallest absolute Gasteiger partial charge is 0.293 e. The summed E-state index contributed by atoms with van der Waals surface area (Å²) in [5.41, 5.74) is 1.07. The maximum atomic E-state index is 13.1. The molecule has 0 spiro atoms. The number of nitrogens with one attached hydrogen (secondary N) is 1. The molecular weight excluding hydrogens is 332 g/mol. The Kier molecular flexibility index (Phi) is 3.89. The number of nitrogens with zero attached hydrogens (tertiary/aromatic N) is 3. The maximum Gasteiger partial charge on any atom is 0.298 e. The minimum absolute atomic E-state index is 0.139. The Labute approximate surface area is 148 Å². The Morgan fingerprint density at radius 3 is 2.23 bits per heavy atom. The zero-order valence-electron chi connectivity index (χ0n) is 13.6. The van der Waals surface area contributed by atoms with Crippen LogP contribution in [-0.4, -0.2) is 32.7 Å². The second-order valence-corrected chi connectivity index (χ2v) is 5.91. The van der Waals surface area contributed by atoms with E-state index in [1.54, 1.807) is 54.6 Å². The first-order chi connectivity index (χ1) is 12.7. The molecule has 2 heterocycles. The molecule has 26 heavy (non-hydrogen) atoms. The number of amides is 1. The Morgan fingerprint density at radius 1 is 0.962 bits per heavy atom. The molecule has 128 valence electrons. The number of Topliss-reactive ketones (excluding diaryl/α,β-unsaturated/α-hetero) is 2. The van der Waals surface area contributed by atoms with Crippen LogP contribution in [0, 0.1) is 5.92 Å². The molecule has 2 atom stereocenters. The van der Waals surface area contributed by atoms with Gasteiger partial charge in [-0.3, -0.25) is 19.3 Å². The minimum atomic E-state index is -1.14. The summed E-state index contributed by atoms with van der Waals surface area (Å²) in [6.45, 7) is 0. The number of ketones is 2. The first-order valence-corrected chi connectivity index (χ1v) is 8.05. The number of benzene rings is 2. The van der Waals surface area contributed by atoms with Crippen LogP contribution in [0.4, 0.5) is 5.95 Å². The van der Waals surface area contributed by atoms with E-state index in [9.17, 15) is 14.4 Å². The predicted molar refractivity (Wildman–Crippen MR) is 92.3 cm³/mol. The Bertz CT molecular complexity index is 955. The van der Waals surface area contributed by atoms with Crippen LogP contribution in [0.1, 0.15) is 22.0 Å². The normalized spacial score (nSPS) is 19.8. The molecule has 2 unspecified atom stereocenters. The lowest BCUT2D eigenvalue weighted by molar-refractivity contribution is -0.135. The van der Waals surface area contributed by atoms with Crippen LogP contribution in [-0.2, 0) is 9.59 Å². The molecule has 1 aliphatic rings. The molecule has 4 rings (SSSR count). The average Bonchev–Trinajstić information content (AvgIpc) is 3.30. The average molecular weight is 346 g/mol. The van der Waals surface area contributed by atoms with Crippen molar-refractivity contribution in [3.8, 4) is 0 Å². The highest BCUT2D eigenvalue weighted by molar-refractivity contribution is 6.48. The fraction of sp³-hybridized carbons (Fsp3) is 0.105. The summed E-state index contributed by atoms with van der Waals surface area (Å²) in [5, 5.41) is 6.37. The molecule has 0 aliphatic carbocycles. The Balaban J connectivity index is 1.85. The number of anilines is 1. The van der Waals surface area contributed by atoms with E-state index >= 15 is 0 Å². The molecular formula is C19H14N4O3. The quantitative estimate of drug-likeness (QED) is 0.442. The van der Waals surface area contributed by atoms with E-state index in [1.165, 1.54) is 11.2 Å². The number of hydrogen-bond donors (Lipinski definition) is 1. The lowest BCUT2D eigenvalue weighted by atomic mass is 9.86. The molecule has 7 heteroatoms. The van der Waals surface area contributed by atoms with Gasteiger partial charge in [-0.1, -0.05) is 60.7 Å². The van der Waals surface area contributed by atoms with Crippen molar-refractivity contribution in [3.63, 3.8) is 0 Å². The summed E-state index contributed by atoms with van der Waals surface area (Å²) in [6, 6.07) is 16.7. The van der Waals surface area contributed by atoms with Crippen molar-refractivity contribution in [2.45, 2.75) is 6.04 Å². The van der Waals surface area contributed by atoms with Crippen LogP contribution in [0.25, 0.3) is 0 Å². The summed E-state index contributed by atoms with van der Waals surface area (Å²) >= 11 is 0. The van der Waals surface area contributed by atoms with E-state index in [-0.39, 0.29) is 11.7 Å². The largest absolute Gasteiger partial charge is 0.298 e. The second-order valence-electron chi connectivity index (χ2n) is 5.91. The molecule has 1 amide bonds. The van der Waals surface area contributed by atoms with Gasteiger partial charge in [0.05, 0.1) is 6.04 Å². The number of carbonyl (C=O) groups is 3. The van der Waals surface area contributed by atoms with Crippen LogP contribution in [0.2, 0.25) is 0 Å². The fourth-order valence-electron chi connectivity index (χ4n) is 3.25. The van der Waals surface area contributed by atoms with E-state index in [0.717, 1.165) is 0 Å². The van der Waals surface area contributed by atoms with Crippen LogP contribution < -0.4 is 4.90 Å². The van der Waals surface area contributed by atoms with Gasteiger partial charge in [0.25, 0.3) is 5.91 Å². The predicted octanol–water partition coefficient (Wildman–Crippen LogP) is 1.96. The summed E-state index contributed by atoms with van der Waals surface area (Å²) in [6.07, 6.45) is 1.25. The van der Waals surface area contributed by atoms with Gasteiger partial charge >= 0.3 is 0 Å². The first-order valence-electron chi connectivity index (χ1n) is 8.05. The van der Waals surface area contributed by atoms with Crippen LogP contribution in [0.5, 0.6) is 0 Å². The third-order valence-electron chi connectivity index (χ3n) is 4.42. The first kappa shape index (κ1) is 15.9. The number of H-pyrrole nitrogens is 1. The van der Waals surface area contributed by atoms with Gasteiger partial charge in [-0.15, -0.1) is 0 Å². The molecule has 2 aromatic carbocycles. The highest BCUT2D eigenvalue weighted by atomic mass is 16.2. The van der Waals surface area contributed by atoms with Crippen molar-refractivity contribution in [3.05, 3.63) is 78.1 Å². The zero-order valence-corrected chi connectivity index (χ0v) is 13.6. The Morgan fingerprint density at radius 2 is 1.62 bits per heavy atom. The van der Waals surface area contributed by atoms with Gasteiger partial charge in [0.1, 0.15) is 12.2 Å². The lowest BCUT2D eigenvalue weighted by Crippen LogP contribution is -2.31. The van der Waals surface area contributed by atoms with Crippen molar-refractivity contribution in [2.24, 2.45) is 5.92 Å². The SMILES string of the molecule is O=C1C(=O)N(c2ncn[nH]2)C(c2ccccc2)C1C(=O)c1ccccc1. The summed E-state index contributed by atoms with van der Waals surface area (Å²) in [4.78, 5) is 43.7. The van der Waals surface area contributed by atoms with Crippen LogP contribution in [0.15, 0.2) is 67.0 Å². The summed E-state index contributed by atoms with van der Waals surface area (Å²) in [7, 11) is 0. The van der Waals surface area contributed by atoms with E-state index in [4.69, 9.17) is 0 Å². The van der Waals surface area contributed by atoms with Gasteiger partial charge < -0.3 is 0 Å². The highest BCUT2D eigenvalue weighted by Crippen LogP contribution is 2.39. The second kappa shape index (κ2) is 6.36. The van der Waals surface area contributed by atoms with Gasteiger partial charge in [-0.25, -0.2) is 5.10 Å². The highest BCUT2D eigenvalue weighted by Gasteiger charge is 2.53. The molecule has 0 saturated carbocycles. The van der Waals surface area contributed by atoms with E-state index in [0.29, 0.717) is 11.1 Å². The molecule has 1 fully saturated rings. The van der Waals surface area contributed by atoms with Crippen molar-refractivity contribution < 1.29 is 14.4 Å². The maximum absolute atomic E-state index is 13.1. The van der Waals surface area contributed by atoms with Crippen molar-refractivity contribution in [1.29, 1.82) is 0 Å². The van der Waals surface area contributed by atoms with Gasteiger partial charge in [0.15, 0.2) is 5.78 Å². The van der Waals surface area contributed by atoms with E-state index < -0.39 is 23.7 Å². The zero-order chi connectivity index (χ0) is 18.1. The third-order valence-corrected chi connectivity index (χ3v) is 4.42. The molecule has 1 N–H and O–H groups in total. The summed E-state index contributed by atoms with van der Waals surface area (Å²) in [5.74, 6) is -2.91. The topological polar surface area (TPSA) is 96.0 Å². The van der Waals surface area contributed by atoms with Gasteiger partial charge in [-0.05, 0) is 5.56 Å². The molecule has 1 saturated heterocycles. The van der Waals surface area contributed by atoms with E-state index in [2.05, 4.69) is 15.2 Å². The number of carbonyl (C=O) groups excluding carboxylic acids is 3. The fourth-order valence-corrected chi connectivity index (χ4v) is 3.25. The molecule has 1 aromatic heterocycles. The third kappa shape index (κ3) is 2.50. The Hall–Kier alpha value is -3.61. The minimum Gasteiger partial charge on any atom is -0.293 e. The number of hydrogen-bond acceptors (Lipinski definition) is 5. The van der Waals surface area contributed by atoms with Crippen LogP contribution >= 0.6 is 0 Å². The number of rotatable bonds is 4. The molecule has 7 nitrogen and oxygen atoms in total. The molecule has 3 aromatic rings. The number of aromatic nitrogens is 3. The van der Waals surface area contributed by atoms with Crippen LogP contribution in [0.3, 0.4) is 0 Å². The van der Waals surface area contributed by atoms with Gasteiger partial charge in [-0.2, -0.15) is 10.1 Å². The van der Waals surface area contributed by atoms with Gasteiger partial charge in [0, 0.05) is 5.56 Å². The van der Waals surface area contributed by atoms with Gasteiger partial charge in [0.2, 0.25) is 11.7 Å². The standard InChI is InChI=1S/C19H14N4O3/c24-16(13-9-5-2-6-10-13)14-15(12-7-3-1-4-8-12)23(18(26)17(14)25)19-20-11-21-22-19/h1-11,14-15H,(H,20,21,22). The molecule has 0 bridgehead atoms. The van der Waals surface area contributed by atoms with Crippen molar-refractivity contribution >= 4 is 23.4 Å². The molecule has 0 radical (unpaired) electrons. The van der Waals surface area contributed by atoms with Crippen molar-refractivity contribution in [1.82, 2.24) is 15.2 Å².